The van der Waals surface area contributed by atoms with E-state index in [0.717, 1.165) is 26.9 Å². The zero-order valence-corrected chi connectivity index (χ0v) is 12.8. The number of fused-ring (bicyclic) bond motifs is 1. The maximum absolute atomic E-state index is 6.01. The van der Waals surface area contributed by atoms with Crippen LogP contribution in [0.4, 0.5) is 5.13 Å². The van der Waals surface area contributed by atoms with Crippen LogP contribution < -0.4 is 5.32 Å². The second kappa shape index (κ2) is 5.27. The zero-order chi connectivity index (χ0) is 13.4. The Morgan fingerprint density at radius 2 is 2.32 bits per heavy atom. The Morgan fingerprint density at radius 3 is 3.11 bits per heavy atom. The van der Waals surface area contributed by atoms with Crippen molar-refractivity contribution >= 4 is 38.3 Å². The first kappa shape index (κ1) is 13.2. The zero-order valence-electron chi connectivity index (χ0n) is 11.2. The monoisotopic (exact) mass is 295 g/mol. The first-order chi connectivity index (χ1) is 9.11. The smallest absolute Gasteiger partial charge is 0.184 e. The molecule has 2 heterocycles. The van der Waals surface area contributed by atoms with Gasteiger partial charge in [0.05, 0.1) is 10.2 Å². The summed E-state index contributed by atoms with van der Waals surface area (Å²) in [6, 6.07) is 7.02. The molecule has 1 aliphatic rings. The van der Waals surface area contributed by atoms with Crippen LogP contribution in [0.25, 0.3) is 10.2 Å². The summed E-state index contributed by atoms with van der Waals surface area (Å²) in [5, 5.41) is 5.37. The van der Waals surface area contributed by atoms with Gasteiger partial charge >= 0.3 is 0 Å². The molecule has 3 nitrogen and oxygen atoms in total. The van der Waals surface area contributed by atoms with Crippen molar-refractivity contribution < 1.29 is 0 Å². The van der Waals surface area contributed by atoms with Crippen LogP contribution >= 0.6 is 22.9 Å². The van der Waals surface area contributed by atoms with Gasteiger partial charge in [-0.1, -0.05) is 22.9 Å². The third-order valence-electron chi connectivity index (χ3n) is 3.89. The fourth-order valence-corrected chi connectivity index (χ4v) is 3.77. The molecule has 0 bridgehead atoms. The van der Waals surface area contributed by atoms with E-state index in [1.54, 1.807) is 11.3 Å². The third kappa shape index (κ3) is 2.86. The number of nitrogens with one attached hydrogen (secondary N) is 1. The molecule has 3 rings (SSSR count). The first-order valence-electron chi connectivity index (χ1n) is 6.64. The second-order valence-electron chi connectivity index (χ2n) is 5.33. The Hall–Kier alpha value is -0.840. The number of rotatable bonds is 2. The van der Waals surface area contributed by atoms with Crippen molar-refractivity contribution in [2.75, 3.05) is 18.9 Å². The molecule has 2 aromatic rings. The number of halogens is 1. The average Bonchev–Trinajstić information content (AvgIpc) is 2.75. The third-order valence-corrected chi connectivity index (χ3v) is 5.07. The number of nitrogens with zero attached hydrogens (tertiary/aromatic N) is 2. The van der Waals surface area contributed by atoms with E-state index < -0.39 is 0 Å². The molecule has 2 atom stereocenters. The predicted molar refractivity (Wildman–Crippen MR) is 83.4 cm³/mol. The van der Waals surface area contributed by atoms with Gasteiger partial charge in [0.2, 0.25) is 0 Å². The van der Waals surface area contributed by atoms with Crippen molar-refractivity contribution in [3.63, 3.8) is 0 Å². The Bertz CT molecular complexity index is 583. The SMILES string of the molecule is CC1CC(Nc2nc3ccc(Cl)cc3s2)CCN1C. The van der Waals surface area contributed by atoms with Crippen LogP contribution in [0.5, 0.6) is 0 Å². The molecule has 0 saturated carbocycles. The lowest BCUT2D eigenvalue weighted by Crippen LogP contribution is -2.42. The molecule has 0 amide bonds. The van der Waals surface area contributed by atoms with Gasteiger partial charge in [-0.15, -0.1) is 0 Å². The lowest BCUT2D eigenvalue weighted by Gasteiger charge is -2.35. The average molecular weight is 296 g/mol. The van der Waals surface area contributed by atoms with E-state index >= 15 is 0 Å². The van der Waals surface area contributed by atoms with Crippen molar-refractivity contribution in [3.05, 3.63) is 23.2 Å². The van der Waals surface area contributed by atoms with E-state index in [2.05, 4.69) is 29.2 Å². The highest BCUT2D eigenvalue weighted by Crippen LogP contribution is 2.30. The van der Waals surface area contributed by atoms with Crippen LogP contribution in [0.2, 0.25) is 5.02 Å². The van der Waals surface area contributed by atoms with Gasteiger partial charge in [-0.2, -0.15) is 0 Å². The molecule has 1 aromatic carbocycles. The van der Waals surface area contributed by atoms with Gasteiger partial charge in [0.1, 0.15) is 0 Å². The maximum atomic E-state index is 6.01. The van der Waals surface area contributed by atoms with Gasteiger partial charge in [-0.25, -0.2) is 4.98 Å². The number of benzene rings is 1. The van der Waals surface area contributed by atoms with Crippen molar-refractivity contribution in [1.29, 1.82) is 0 Å². The predicted octanol–water partition coefficient (Wildman–Crippen LogP) is 3.84. The van der Waals surface area contributed by atoms with E-state index in [0.29, 0.717) is 12.1 Å². The number of hydrogen-bond donors (Lipinski definition) is 1. The van der Waals surface area contributed by atoms with Gasteiger partial charge in [-0.3, -0.25) is 0 Å². The Labute approximate surface area is 122 Å². The van der Waals surface area contributed by atoms with Crippen LogP contribution in [0, 0.1) is 0 Å². The molecule has 2 unspecified atom stereocenters. The number of hydrogen-bond acceptors (Lipinski definition) is 4. The van der Waals surface area contributed by atoms with Crippen molar-refractivity contribution in [1.82, 2.24) is 9.88 Å². The summed E-state index contributed by atoms with van der Waals surface area (Å²) in [5.41, 5.74) is 1.03. The fourth-order valence-electron chi connectivity index (χ4n) is 2.56. The minimum Gasteiger partial charge on any atom is -0.359 e. The normalized spacial score (nSPS) is 24.8. The molecule has 1 N–H and O–H groups in total. The highest BCUT2D eigenvalue weighted by atomic mass is 35.5. The van der Waals surface area contributed by atoms with Gasteiger partial charge in [0.25, 0.3) is 0 Å². The largest absolute Gasteiger partial charge is 0.359 e. The topological polar surface area (TPSA) is 28.2 Å². The summed E-state index contributed by atoms with van der Waals surface area (Å²) in [7, 11) is 2.20. The van der Waals surface area contributed by atoms with E-state index in [4.69, 9.17) is 11.6 Å². The van der Waals surface area contributed by atoms with E-state index in [1.807, 2.05) is 18.2 Å². The molecule has 102 valence electrons. The lowest BCUT2D eigenvalue weighted by atomic mass is 9.99. The summed E-state index contributed by atoms with van der Waals surface area (Å²) in [5.74, 6) is 0. The first-order valence-corrected chi connectivity index (χ1v) is 7.84. The summed E-state index contributed by atoms with van der Waals surface area (Å²) in [6.45, 7) is 3.43. The van der Waals surface area contributed by atoms with Crippen LogP contribution in [0.3, 0.4) is 0 Å². The molecule has 1 saturated heterocycles. The Kier molecular flexibility index (Phi) is 3.65. The van der Waals surface area contributed by atoms with E-state index in [9.17, 15) is 0 Å². The van der Waals surface area contributed by atoms with Crippen LogP contribution in [0.1, 0.15) is 19.8 Å². The summed E-state index contributed by atoms with van der Waals surface area (Å²) < 4.78 is 1.15. The lowest BCUT2D eigenvalue weighted by molar-refractivity contribution is 0.190. The molecule has 1 fully saturated rings. The number of thiazole rings is 1. The van der Waals surface area contributed by atoms with Crippen molar-refractivity contribution in [2.45, 2.75) is 31.8 Å². The van der Waals surface area contributed by atoms with Gasteiger partial charge in [-0.05, 0) is 45.0 Å². The Morgan fingerprint density at radius 1 is 1.47 bits per heavy atom. The summed E-state index contributed by atoms with van der Waals surface area (Å²) in [6.07, 6.45) is 2.35. The summed E-state index contributed by atoms with van der Waals surface area (Å²) >= 11 is 7.69. The van der Waals surface area contributed by atoms with Crippen molar-refractivity contribution in [2.24, 2.45) is 0 Å². The molecular weight excluding hydrogens is 278 g/mol. The van der Waals surface area contributed by atoms with E-state index in [1.165, 1.54) is 12.8 Å². The minimum atomic E-state index is 0.530. The maximum Gasteiger partial charge on any atom is 0.184 e. The molecule has 19 heavy (non-hydrogen) atoms. The molecule has 0 spiro atoms. The molecule has 5 heteroatoms. The number of aromatic nitrogens is 1. The molecule has 1 aliphatic heterocycles. The Balaban J connectivity index is 1.74. The van der Waals surface area contributed by atoms with E-state index in [-0.39, 0.29) is 0 Å². The van der Waals surface area contributed by atoms with Crippen LogP contribution in [-0.2, 0) is 0 Å². The number of anilines is 1. The fraction of sp³-hybridized carbons (Fsp3) is 0.500. The minimum absolute atomic E-state index is 0.530. The quantitative estimate of drug-likeness (QED) is 0.912. The van der Waals surface area contributed by atoms with Crippen molar-refractivity contribution in [3.8, 4) is 0 Å². The number of likely N-dealkylation sites (tertiary alicyclic amines) is 1. The summed E-state index contributed by atoms with van der Waals surface area (Å²) in [4.78, 5) is 7.04. The molecule has 1 aromatic heterocycles. The number of piperidine rings is 1. The molecule has 0 aliphatic carbocycles. The molecule has 0 radical (unpaired) electrons. The van der Waals surface area contributed by atoms with Gasteiger partial charge in [0, 0.05) is 23.7 Å². The second-order valence-corrected chi connectivity index (χ2v) is 6.79. The highest BCUT2D eigenvalue weighted by molar-refractivity contribution is 7.22. The molecular formula is C14H18ClN3S. The van der Waals surface area contributed by atoms with Gasteiger partial charge in [0.15, 0.2) is 5.13 Å². The van der Waals surface area contributed by atoms with Crippen LogP contribution in [-0.4, -0.2) is 35.6 Å². The standard InChI is InChI=1S/C14H18ClN3S/c1-9-7-11(5-6-18(9)2)16-14-17-12-4-3-10(15)8-13(12)19-14/h3-4,8-9,11H,5-7H2,1-2H3,(H,16,17). The van der Waals surface area contributed by atoms with Crippen LogP contribution in [0.15, 0.2) is 18.2 Å². The highest BCUT2D eigenvalue weighted by Gasteiger charge is 2.23. The van der Waals surface area contributed by atoms with Gasteiger partial charge < -0.3 is 10.2 Å².